The SMILES string of the molecule is CC1CCC(CO)(NC(=O)CC(C)(C(=O)O)C(C)C)CC1. The molecule has 5 nitrogen and oxygen atoms in total. The highest BCUT2D eigenvalue weighted by Crippen LogP contribution is 2.34. The van der Waals surface area contributed by atoms with Crippen molar-refractivity contribution in [2.24, 2.45) is 17.3 Å². The number of carbonyl (C=O) groups is 2. The van der Waals surface area contributed by atoms with Crippen molar-refractivity contribution >= 4 is 11.9 Å². The van der Waals surface area contributed by atoms with E-state index in [1.807, 2.05) is 13.8 Å². The number of aliphatic hydroxyl groups is 1. The molecule has 3 N–H and O–H groups in total. The van der Waals surface area contributed by atoms with E-state index in [1.54, 1.807) is 6.92 Å². The molecule has 1 atom stereocenters. The first-order chi connectivity index (χ1) is 9.65. The van der Waals surface area contributed by atoms with Crippen LogP contribution < -0.4 is 5.32 Å². The van der Waals surface area contributed by atoms with Gasteiger partial charge in [0.05, 0.1) is 17.6 Å². The molecule has 21 heavy (non-hydrogen) atoms. The van der Waals surface area contributed by atoms with Crippen LogP contribution in [0.1, 0.15) is 59.8 Å². The Morgan fingerprint density at radius 3 is 2.24 bits per heavy atom. The molecule has 0 aromatic carbocycles. The lowest BCUT2D eigenvalue weighted by atomic mass is 9.74. The van der Waals surface area contributed by atoms with Crippen LogP contribution in [-0.4, -0.2) is 34.2 Å². The number of carboxylic acids is 1. The molecule has 1 amide bonds. The predicted octanol–water partition coefficient (Wildman–Crippen LogP) is 2.18. The molecule has 1 unspecified atom stereocenters. The van der Waals surface area contributed by atoms with Gasteiger partial charge in [0.1, 0.15) is 0 Å². The van der Waals surface area contributed by atoms with Gasteiger partial charge in [-0.3, -0.25) is 9.59 Å². The van der Waals surface area contributed by atoms with Crippen molar-refractivity contribution in [3.63, 3.8) is 0 Å². The van der Waals surface area contributed by atoms with Gasteiger partial charge in [-0.2, -0.15) is 0 Å². The third kappa shape index (κ3) is 4.19. The van der Waals surface area contributed by atoms with Crippen molar-refractivity contribution in [2.75, 3.05) is 6.61 Å². The van der Waals surface area contributed by atoms with Gasteiger partial charge in [0.2, 0.25) is 5.91 Å². The molecule has 5 heteroatoms. The van der Waals surface area contributed by atoms with E-state index in [1.165, 1.54) is 0 Å². The fourth-order valence-electron chi connectivity index (χ4n) is 2.84. The minimum Gasteiger partial charge on any atom is -0.481 e. The minimum atomic E-state index is -1.08. The zero-order valence-corrected chi connectivity index (χ0v) is 13.6. The van der Waals surface area contributed by atoms with Gasteiger partial charge in [-0.1, -0.05) is 20.8 Å². The molecular formula is C16H29NO4. The topological polar surface area (TPSA) is 86.6 Å². The van der Waals surface area contributed by atoms with Crippen LogP contribution in [0.2, 0.25) is 0 Å². The molecule has 1 aliphatic carbocycles. The smallest absolute Gasteiger partial charge is 0.310 e. The summed E-state index contributed by atoms with van der Waals surface area (Å²) in [6.45, 7) is 7.31. The van der Waals surface area contributed by atoms with Gasteiger partial charge in [-0.15, -0.1) is 0 Å². The van der Waals surface area contributed by atoms with Crippen molar-refractivity contribution in [3.8, 4) is 0 Å². The average Bonchev–Trinajstić information content (AvgIpc) is 2.41. The van der Waals surface area contributed by atoms with Crippen molar-refractivity contribution in [1.29, 1.82) is 0 Å². The Kier molecular flexibility index (Phi) is 5.79. The van der Waals surface area contributed by atoms with Crippen molar-refractivity contribution in [3.05, 3.63) is 0 Å². The molecule has 0 radical (unpaired) electrons. The average molecular weight is 299 g/mol. The highest BCUT2D eigenvalue weighted by atomic mass is 16.4. The quantitative estimate of drug-likeness (QED) is 0.701. The van der Waals surface area contributed by atoms with Gasteiger partial charge >= 0.3 is 5.97 Å². The monoisotopic (exact) mass is 299 g/mol. The maximum Gasteiger partial charge on any atom is 0.310 e. The lowest BCUT2D eigenvalue weighted by Gasteiger charge is -2.39. The Balaban J connectivity index is 2.73. The Bertz CT molecular complexity index is 386. The number of nitrogens with one attached hydrogen (secondary N) is 1. The normalized spacial score (nSPS) is 29.0. The van der Waals surface area contributed by atoms with E-state index in [9.17, 15) is 19.8 Å². The van der Waals surface area contributed by atoms with Crippen LogP contribution in [0, 0.1) is 17.3 Å². The second-order valence-corrected chi connectivity index (χ2v) is 7.22. The number of amides is 1. The third-order valence-corrected chi connectivity index (χ3v) is 5.23. The van der Waals surface area contributed by atoms with E-state index >= 15 is 0 Å². The predicted molar refractivity (Wildman–Crippen MR) is 80.8 cm³/mol. The lowest BCUT2D eigenvalue weighted by Crippen LogP contribution is -2.54. The summed E-state index contributed by atoms with van der Waals surface area (Å²) >= 11 is 0. The molecule has 1 saturated carbocycles. The second-order valence-electron chi connectivity index (χ2n) is 7.22. The Morgan fingerprint density at radius 2 is 1.86 bits per heavy atom. The van der Waals surface area contributed by atoms with E-state index in [4.69, 9.17) is 0 Å². The first-order valence-electron chi connectivity index (χ1n) is 7.80. The Labute approximate surface area is 127 Å². The number of rotatable bonds is 6. The molecule has 0 spiro atoms. The summed E-state index contributed by atoms with van der Waals surface area (Å²) in [4.78, 5) is 23.7. The molecule has 0 aromatic heterocycles. The largest absolute Gasteiger partial charge is 0.481 e. The van der Waals surface area contributed by atoms with E-state index in [2.05, 4.69) is 12.2 Å². The van der Waals surface area contributed by atoms with Gasteiger partial charge in [0.15, 0.2) is 0 Å². The molecule has 0 aliphatic heterocycles. The van der Waals surface area contributed by atoms with Crippen LogP contribution in [0.4, 0.5) is 0 Å². The van der Waals surface area contributed by atoms with Crippen molar-refractivity contribution in [2.45, 2.75) is 65.3 Å². The highest BCUT2D eigenvalue weighted by molar-refractivity contribution is 5.85. The first kappa shape index (κ1) is 18.0. The standard InChI is InChI=1S/C16H29NO4/c1-11(2)15(4,14(20)21)9-13(19)17-16(10-18)7-5-12(3)6-8-16/h11-12,18H,5-10H2,1-4H3,(H,17,19)(H,20,21). The number of carbonyl (C=O) groups excluding carboxylic acids is 1. The second kappa shape index (κ2) is 6.77. The summed E-state index contributed by atoms with van der Waals surface area (Å²) in [5.74, 6) is -0.765. The maximum absolute atomic E-state index is 12.3. The molecule has 1 rings (SSSR count). The summed E-state index contributed by atoms with van der Waals surface area (Å²) in [7, 11) is 0. The Hall–Kier alpha value is -1.10. The lowest BCUT2D eigenvalue weighted by molar-refractivity contribution is -0.154. The summed E-state index contributed by atoms with van der Waals surface area (Å²) in [6, 6.07) is 0. The zero-order chi connectivity index (χ0) is 16.3. The van der Waals surface area contributed by atoms with Crippen LogP contribution in [0.15, 0.2) is 0 Å². The van der Waals surface area contributed by atoms with Crippen LogP contribution in [0.5, 0.6) is 0 Å². The van der Waals surface area contributed by atoms with Crippen molar-refractivity contribution < 1.29 is 19.8 Å². The zero-order valence-electron chi connectivity index (χ0n) is 13.6. The third-order valence-electron chi connectivity index (χ3n) is 5.23. The number of aliphatic carboxylic acids is 1. The molecular weight excluding hydrogens is 270 g/mol. The molecule has 0 saturated heterocycles. The molecule has 1 fully saturated rings. The van der Waals surface area contributed by atoms with Crippen molar-refractivity contribution in [1.82, 2.24) is 5.32 Å². The number of hydrogen-bond donors (Lipinski definition) is 3. The molecule has 0 bridgehead atoms. The summed E-state index contributed by atoms with van der Waals surface area (Å²) < 4.78 is 0. The molecule has 0 heterocycles. The summed E-state index contributed by atoms with van der Waals surface area (Å²) in [5.41, 5.74) is -1.65. The summed E-state index contributed by atoms with van der Waals surface area (Å²) in [6.07, 6.45) is 3.39. The van der Waals surface area contributed by atoms with Crippen LogP contribution >= 0.6 is 0 Å². The van der Waals surface area contributed by atoms with Gasteiger partial charge in [-0.05, 0) is 44.4 Å². The molecule has 122 valence electrons. The molecule has 1 aliphatic rings. The number of carboxylic acid groups (broad SMARTS) is 1. The Morgan fingerprint density at radius 1 is 1.33 bits per heavy atom. The fourth-order valence-corrected chi connectivity index (χ4v) is 2.84. The number of hydrogen-bond acceptors (Lipinski definition) is 3. The van der Waals surface area contributed by atoms with E-state index in [-0.39, 0.29) is 24.9 Å². The van der Waals surface area contributed by atoms with Gasteiger partial charge in [-0.25, -0.2) is 0 Å². The minimum absolute atomic E-state index is 0.0582. The van der Waals surface area contributed by atoms with Crippen LogP contribution in [-0.2, 0) is 9.59 Å². The van der Waals surface area contributed by atoms with E-state index in [0.29, 0.717) is 5.92 Å². The fraction of sp³-hybridized carbons (Fsp3) is 0.875. The van der Waals surface area contributed by atoms with Gasteiger partial charge in [0, 0.05) is 6.42 Å². The van der Waals surface area contributed by atoms with Crippen LogP contribution in [0.25, 0.3) is 0 Å². The molecule has 0 aromatic rings. The first-order valence-corrected chi connectivity index (χ1v) is 7.80. The van der Waals surface area contributed by atoms with Crippen LogP contribution in [0.3, 0.4) is 0 Å². The maximum atomic E-state index is 12.3. The highest BCUT2D eigenvalue weighted by Gasteiger charge is 2.41. The number of aliphatic hydroxyl groups excluding tert-OH is 1. The van der Waals surface area contributed by atoms with Gasteiger partial charge < -0.3 is 15.5 Å². The van der Waals surface area contributed by atoms with E-state index in [0.717, 1.165) is 25.7 Å². The van der Waals surface area contributed by atoms with E-state index < -0.39 is 16.9 Å². The van der Waals surface area contributed by atoms with Gasteiger partial charge in [0.25, 0.3) is 0 Å². The summed E-state index contributed by atoms with van der Waals surface area (Å²) in [5, 5.41) is 22.0.